The van der Waals surface area contributed by atoms with Gasteiger partial charge in [-0.1, -0.05) is 50.0 Å². The molecule has 1 N–H and O–H groups in total. The van der Waals surface area contributed by atoms with Crippen molar-refractivity contribution in [1.82, 2.24) is 10.2 Å². The van der Waals surface area contributed by atoms with E-state index in [0.29, 0.717) is 27.9 Å². The molecule has 3 aromatic carbocycles. The number of halogens is 3. The standard InChI is InChI=1S/C30H34Cl2FN3O5S/c1-5-28(30(38)34-17-20(2)3)35(18-21-6-7-22(31)16-27(21)32)29(37)19-36(24-10-8-23(33)9-11-24)42(39,40)26-14-12-25(41-4)13-15-26/h6-16,20,28H,5,17-19H2,1-4H3,(H,34,38). The number of hydrogen-bond acceptors (Lipinski definition) is 5. The molecule has 0 saturated heterocycles. The van der Waals surface area contributed by atoms with Gasteiger partial charge in [0.2, 0.25) is 11.8 Å². The first-order chi connectivity index (χ1) is 19.9. The molecule has 0 saturated carbocycles. The van der Waals surface area contributed by atoms with Crippen LogP contribution in [0, 0.1) is 11.7 Å². The first-order valence-electron chi connectivity index (χ1n) is 13.3. The molecule has 0 aliphatic heterocycles. The van der Waals surface area contributed by atoms with E-state index in [-0.39, 0.29) is 35.4 Å². The van der Waals surface area contributed by atoms with Gasteiger partial charge in [0, 0.05) is 23.1 Å². The van der Waals surface area contributed by atoms with Gasteiger partial charge in [-0.25, -0.2) is 12.8 Å². The van der Waals surface area contributed by atoms with Gasteiger partial charge in [-0.3, -0.25) is 13.9 Å². The molecule has 2 amide bonds. The first kappa shape index (κ1) is 33.2. The van der Waals surface area contributed by atoms with Gasteiger partial charge >= 0.3 is 0 Å². The number of ether oxygens (including phenoxy) is 1. The van der Waals surface area contributed by atoms with Gasteiger partial charge in [0.05, 0.1) is 17.7 Å². The summed E-state index contributed by atoms with van der Waals surface area (Å²) in [6.07, 6.45) is 0.253. The SMILES string of the molecule is CCC(C(=O)NCC(C)C)N(Cc1ccc(Cl)cc1Cl)C(=O)CN(c1ccc(F)cc1)S(=O)(=O)c1ccc(OC)cc1. The van der Waals surface area contributed by atoms with Crippen molar-refractivity contribution in [2.45, 2.75) is 44.7 Å². The van der Waals surface area contributed by atoms with Crippen LogP contribution in [0.15, 0.2) is 71.6 Å². The van der Waals surface area contributed by atoms with E-state index in [0.717, 1.165) is 16.4 Å². The Hall–Kier alpha value is -3.34. The Bertz CT molecular complexity index is 1490. The van der Waals surface area contributed by atoms with Crippen molar-refractivity contribution in [3.63, 3.8) is 0 Å². The summed E-state index contributed by atoms with van der Waals surface area (Å²) in [6, 6.07) is 14.3. The molecule has 0 heterocycles. The van der Waals surface area contributed by atoms with E-state index < -0.39 is 34.3 Å². The lowest BCUT2D eigenvalue weighted by atomic mass is 10.1. The second-order valence-corrected chi connectivity index (χ2v) is 12.7. The highest BCUT2D eigenvalue weighted by atomic mass is 35.5. The van der Waals surface area contributed by atoms with Gasteiger partial charge in [0.25, 0.3) is 10.0 Å². The fourth-order valence-corrected chi connectivity index (χ4v) is 6.07. The van der Waals surface area contributed by atoms with Gasteiger partial charge in [-0.2, -0.15) is 0 Å². The molecule has 42 heavy (non-hydrogen) atoms. The van der Waals surface area contributed by atoms with Crippen LogP contribution in [0.3, 0.4) is 0 Å². The van der Waals surface area contributed by atoms with E-state index in [9.17, 15) is 22.4 Å². The Kier molecular flexibility index (Phi) is 11.6. The summed E-state index contributed by atoms with van der Waals surface area (Å²) in [7, 11) is -2.86. The number of benzene rings is 3. The minimum Gasteiger partial charge on any atom is -0.497 e. The zero-order valence-corrected chi connectivity index (χ0v) is 26.1. The largest absolute Gasteiger partial charge is 0.497 e. The number of sulfonamides is 1. The highest BCUT2D eigenvalue weighted by Crippen LogP contribution is 2.28. The van der Waals surface area contributed by atoms with Crippen molar-refractivity contribution >= 4 is 50.7 Å². The van der Waals surface area contributed by atoms with Crippen LogP contribution in [0.4, 0.5) is 10.1 Å². The molecule has 8 nitrogen and oxygen atoms in total. The third-order valence-electron chi connectivity index (χ3n) is 6.47. The van der Waals surface area contributed by atoms with E-state index in [1.165, 1.54) is 54.5 Å². The Balaban J connectivity index is 2.06. The number of anilines is 1. The van der Waals surface area contributed by atoms with Crippen LogP contribution in [0.1, 0.15) is 32.8 Å². The maximum absolute atomic E-state index is 14.1. The highest BCUT2D eigenvalue weighted by molar-refractivity contribution is 7.92. The van der Waals surface area contributed by atoms with Crippen LogP contribution in [-0.2, 0) is 26.2 Å². The maximum Gasteiger partial charge on any atom is 0.264 e. The third kappa shape index (κ3) is 8.36. The predicted octanol–water partition coefficient (Wildman–Crippen LogP) is 5.92. The molecule has 0 fully saturated rings. The van der Waals surface area contributed by atoms with Crippen molar-refractivity contribution in [1.29, 1.82) is 0 Å². The quantitative estimate of drug-likeness (QED) is 0.251. The Morgan fingerprint density at radius 3 is 2.19 bits per heavy atom. The predicted molar refractivity (Wildman–Crippen MR) is 163 cm³/mol. The minimum atomic E-state index is -4.32. The van der Waals surface area contributed by atoms with Crippen molar-refractivity contribution in [3.05, 3.63) is 88.2 Å². The summed E-state index contributed by atoms with van der Waals surface area (Å²) in [5, 5.41) is 3.55. The highest BCUT2D eigenvalue weighted by Gasteiger charge is 2.34. The summed E-state index contributed by atoms with van der Waals surface area (Å²) in [4.78, 5) is 28.6. The number of methoxy groups -OCH3 is 1. The van der Waals surface area contributed by atoms with E-state index >= 15 is 0 Å². The van der Waals surface area contributed by atoms with Crippen LogP contribution in [0.2, 0.25) is 10.0 Å². The molecule has 226 valence electrons. The van der Waals surface area contributed by atoms with Crippen molar-refractivity contribution in [3.8, 4) is 5.75 Å². The van der Waals surface area contributed by atoms with Crippen molar-refractivity contribution < 1.29 is 27.1 Å². The smallest absolute Gasteiger partial charge is 0.264 e. The molecule has 3 aromatic rings. The van der Waals surface area contributed by atoms with Crippen LogP contribution in [-0.4, -0.2) is 51.4 Å². The molecular formula is C30H34Cl2FN3O5S. The summed E-state index contributed by atoms with van der Waals surface area (Å²) in [5.41, 5.74) is 0.596. The van der Waals surface area contributed by atoms with Crippen LogP contribution >= 0.6 is 23.2 Å². The monoisotopic (exact) mass is 637 g/mol. The number of carbonyl (C=O) groups is 2. The Morgan fingerprint density at radius 2 is 1.64 bits per heavy atom. The number of rotatable bonds is 13. The molecule has 0 aromatic heterocycles. The van der Waals surface area contributed by atoms with E-state index in [1.54, 1.807) is 19.1 Å². The fraction of sp³-hybridized carbons (Fsp3) is 0.333. The van der Waals surface area contributed by atoms with Gasteiger partial charge in [-0.05, 0) is 78.6 Å². The van der Waals surface area contributed by atoms with Gasteiger partial charge in [0.15, 0.2) is 0 Å². The molecule has 1 unspecified atom stereocenters. The molecule has 0 bridgehead atoms. The Labute approximate surface area is 256 Å². The molecule has 0 aliphatic rings. The Morgan fingerprint density at radius 1 is 1.00 bits per heavy atom. The normalized spacial score (nSPS) is 12.1. The lowest BCUT2D eigenvalue weighted by Crippen LogP contribution is -2.52. The molecular weight excluding hydrogens is 604 g/mol. The minimum absolute atomic E-state index is 0.0716. The van der Waals surface area contributed by atoms with Crippen molar-refractivity contribution in [2.75, 3.05) is 24.5 Å². The molecule has 1 atom stereocenters. The average Bonchev–Trinajstić information content (AvgIpc) is 2.96. The zero-order chi connectivity index (χ0) is 31.0. The third-order valence-corrected chi connectivity index (χ3v) is 8.84. The molecule has 12 heteroatoms. The maximum atomic E-state index is 14.1. The fourth-order valence-electron chi connectivity index (χ4n) is 4.19. The summed E-state index contributed by atoms with van der Waals surface area (Å²) < 4.78 is 47.6. The number of nitrogens with zero attached hydrogens (tertiary/aromatic N) is 2. The number of amides is 2. The molecule has 0 aliphatic carbocycles. The van der Waals surface area contributed by atoms with Gasteiger partial charge in [-0.15, -0.1) is 0 Å². The van der Waals surface area contributed by atoms with Gasteiger partial charge < -0.3 is 15.0 Å². The lowest BCUT2D eigenvalue weighted by molar-refractivity contribution is -0.140. The second-order valence-electron chi connectivity index (χ2n) is 9.98. The zero-order valence-electron chi connectivity index (χ0n) is 23.8. The summed E-state index contributed by atoms with van der Waals surface area (Å²) in [5.74, 6) is -0.990. The van der Waals surface area contributed by atoms with E-state index in [4.69, 9.17) is 27.9 Å². The number of hydrogen-bond donors (Lipinski definition) is 1. The average molecular weight is 639 g/mol. The summed E-state index contributed by atoms with van der Waals surface area (Å²) in [6.45, 7) is 5.30. The molecule has 3 rings (SSSR count). The number of nitrogens with one attached hydrogen (secondary N) is 1. The first-order valence-corrected chi connectivity index (χ1v) is 15.5. The lowest BCUT2D eigenvalue weighted by Gasteiger charge is -2.33. The van der Waals surface area contributed by atoms with Crippen LogP contribution < -0.4 is 14.4 Å². The molecule has 0 radical (unpaired) electrons. The van der Waals surface area contributed by atoms with E-state index in [1.807, 2.05) is 13.8 Å². The van der Waals surface area contributed by atoms with Crippen molar-refractivity contribution in [2.24, 2.45) is 5.92 Å². The number of carbonyl (C=O) groups excluding carboxylic acids is 2. The summed E-state index contributed by atoms with van der Waals surface area (Å²) >= 11 is 12.5. The van der Waals surface area contributed by atoms with Crippen LogP contribution in [0.5, 0.6) is 5.75 Å². The topological polar surface area (TPSA) is 96.0 Å². The van der Waals surface area contributed by atoms with Crippen LogP contribution in [0.25, 0.3) is 0 Å². The van der Waals surface area contributed by atoms with E-state index in [2.05, 4.69) is 5.32 Å². The molecule has 0 spiro atoms. The van der Waals surface area contributed by atoms with Gasteiger partial charge in [0.1, 0.15) is 24.2 Å². The second kappa shape index (κ2) is 14.7.